The minimum absolute atomic E-state index is 0.610. The summed E-state index contributed by atoms with van der Waals surface area (Å²) in [5.74, 6) is 5.78. The van der Waals surface area contributed by atoms with Gasteiger partial charge in [0.25, 0.3) is 0 Å². The summed E-state index contributed by atoms with van der Waals surface area (Å²) in [6, 6.07) is 160. The van der Waals surface area contributed by atoms with Crippen molar-refractivity contribution in [3.05, 3.63) is 455 Å². The lowest BCUT2D eigenvalue weighted by Gasteiger charge is -2.13. The van der Waals surface area contributed by atoms with Crippen LogP contribution in [0, 0.1) is 0 Å². The molecule has 0 amide bonds. The Morgan fingerprint density at radius 3 is 0.879 bits per heavy atom. The molecule has 0 saturated heterocycles. The Morgan fingerprint density at radius 2 is 0.411 bits per heavy atom. The molecular formula is C129H75N9O2S. The number of thiophene rings is 1. The molecule has 0 aliphatic heterocycles. The van der Waals surface area contributed by atoms with Gasteiger partial charge in [-0.25, -0.2) is 44.9 Å². The van der Waals surface area contributed by atoms with Crippen LogP contribution < -0.4 is 0 Å². The molecule has 0 saturated carbocycles. The topological polar surface area (TPSA) is 142 Å². The first-order valence-corrected chi connectivity index (χ1v) is 48.1. The summed E-state index contributed by atoms with van der Waals surface area (Å²) >= 11 is 1.79. The molecule has 11 nitrogen and oxygen atoms in total. The lowest BCUT2D eigenvalue weighted by molar-refractivity contribution is 0.668. The standard InChI is InChI=1S/2C43H25N3O.C43H25N3S/c1-2-11-28-25-29(20-19-26(28)9-1)41-44-42(46-43(45-41)37-16-8-18-39-40(37)36-13-5-6-17-38(36)47-39)35-15-7-14-31-33-22-21-27-10-3-4-12-30(27)32(33)23-24-34(31)35;1-2-10-28-24-29(17-16-26(28)8-1)41-44-42(30-19-23-40-38(25-30)36-12-5-6-15-39(36)47-40)46-43(45-41)37-14-7-13-32-34-20-18-27-9-3-4-11-31(27)33(34)21-22-35(32)37;1-2-11-28-25-29(20-19-26(28)9-1)41-44-42(46-43(45-41)38-17-8-15-36-35-13-5-6-18-39(35)47-40(36)38)37-16-7-14-31-33-22-21-27-10-3-4-12-30(27)32(33)23-24-34(31)37/h3*1-25H. The summed E-state index contributed by atoms with van der Waals surface area (Å²) < 4.78 is 14.8. The fourth-order valence-electron chi connectivity index (χ4n) is 21.1. The van der Waals surface area contributed by atoms with Gasteiger partial charge in [0, 0.05) is 91.8 Å². The van der Waals surface area contributed by atoms with Crippen LogP contribution in [0.15, 0.2) is 464 Å². The van der Waals surface area contributed by atoms with Gasteiger partial charge in [-0.2, -0.15) is 0 Å². The highest BCUT2D eigenvalue weighted by atomic mass is 32.1. The van der Waals surface area contributed by atoms with E-state index in [-0.39, 0.29) is 0 Å². The van der Waals surface area contributed by atoms with Crippen molar-refractivity contribution in [2.75, 3.05) is 0 Å². The third-order valence-electron chi connectivity index (χ3n) is 27.9. The zero-order valence-electron chi connectivity index (χ0n) is 75.6. The van der Waals surface area contributed by atoms with Gasteiger partial charge in [-0.3, -0.25) is 0 Å². The summed E-state index contributed by atoms with van der Waals surface area (Å²) in [7, 11) is 0. The molecule has 12 heteroatoms. The van der Waals surface area contributed by atoms with Crippen molar-refractivity contribution in [1.82, 2.24) is 44.9 Å². The highest BCUT2D eigenvalue weighted by Gasteiger charge is 2.25. The largest absolute Gasteiger partial charge is 0.456 e. The molecule has 141 heavy (non-hydrogen) atoms. The highest BCUT2D eigenvalue weighted by molar-refractivity contribution is 7.26. The Morgan fingerprint density at radius 1 is 0.142 bits per heavy atom. The van der Waals surface area contributed by atoms with E-state index in [0.29, 0.717) is 52.4 Å². The molecule has 0 radical (unpaired) electrons. The van der Waals surface area contributed by atoms with Gasteiger partial charge in [0.2, 0.25) is 0 Å². The molecule has 30 aromatic rings. The summed E-state index contributed by atoms with van der Waals surface area (Å²) in [6.07, 6.45) is 0. The number of rotatable bonds is 9. The number of furan rings is 2. The predicted octanol–water partition coefficient (Wildman–Crippen LogP) is 34.6. The van der Waals surface area contributed by atoms with Crippen LogP contribution in [0.1, 0.15) is 0 Å². The van der Waals surface area contributed by atoms with Crippen molar-refractivity contribution in [3.8, 4) is 102 Å². The molecule has 0 N–H and O–H groups in total. The van der Waals surface area contributed by atoms with E-state index in [1.807, 2.05) is 60.7 Å². The van der Waals surface area contributed by atoms with E-state index in [1.54, 1.807) is 11.3 Å². The molecule has 0 aliphatic rings. The summed E-state index contributed by atoms with van der Waals surface area (Å²) in [6.45, 7) is 0. The van der Waals surface area contributed by atoms with Crippen molar-refractivity contribution >= 4 is 205 Å². The Balaban J connectivity index is 0.000000104. The fourth-order valence-corrected chi connectivity index (χ4v) is 22.3. The third kappa shape index (κ3) is 13.9. The fraction of sp³-hybridized carbons (Fsp3) is 0. The lowest BCUT2D eigenvalue weighted by atomic mass is 9.95. The van der Waals surface area contributed by atoms with Crippen molar-refractivity contribution < 1.29 is 8.83 Å². The van der Waals surface area contributed by atoms with Crippen LogP contribution >= 0.6 is 11.3 Å². The average Bonchev–Trinajstić information content (AvgIpc) is 1.40. The van der Waals surface area contributed by atoms with Gasteiger partial charge in [-0.05, 0) is 196 Å². The molecular weight excluding hydrogens is 1740 g/mol. The van der Waals surface area contributed by atoms with Gasteiger partial charge in [0.15, 0.2) is 52.4 Å². The first-order valence-electron chi connectivity index (χ1n) is 47.3. The van der Waals surface area contributed by atoms with E-state index in [2.05, 4.69) is 394 Å². The van der Waals surface area contributed by atoms with Gasteiger partial charge >= 0.3 is 0 Å². The van der Waals surface area contributed by atoms with Crippen LogP contribution in [-0.2, 0) is 0 Å². The number of aromatic nitrogens is 9. The maximum absolute atomic E-state index is 6.25. The Kier molecular flexibility index (Phi) is 18.9. The maximum atomic E-state index is 6.25. The summed E-state index contributed by atoms with van der Waals surface area (Å²) in [4.78, 5) is 46.5. The van der Waals surface area contributed by atoms with E-state index in [4.69, 9.17) is 53.7 Å². The zero-order chi connectivity index (χ0) is 92.7. The van der Waals surface area contributed by atoms with E-state index in [1.165, 1.54) is 117 Å². The molecule has 0 aliphatic carbocycles. The minimum atomic E-state index is 0.610. The van der Waals surface area contributed by atoms with Gasteiger partial charge in [-0.15, -0.1) is 11.3 Å². The minimum Gasteiger partial charge on any atom is -0.456 e. The first-order chi connectivity index (χ1) is 69.8. The van der Waals surface area contributed by atoms with E-state index in [9.17, 15) is 0 Å². The van der Waals surface area contributed by atoms with Gasteiger partial charge in [0.05, 0.1) is 0 Å². The Labute approximate surface area is 810 Å². The lowest BCUT2D eigenvalue weighted by Crippen LogP contribution is -2.01. The van der Waals surface area contributed by atoms with Gasteiger partial charge in [-0.1, -0.05) is 388 Å². The second kappa shape index (κ2) is 33.1. The number of nitrogens with zero attached hydrogens (tertiary/aromatic N) is 9. The SMILES string of the molecule is c1ccc2cc(-c3nc(-c4ccc5oc6ccccc6c5c4)nc(-c4cccc5c4ccc4c6ccccc6ccc54)n3)ccc2c1.c1ccc2cc(-c3nc(-c4cccc5c4ccc4c6ccccc6ccc54)nc(-c4cccc5c4sc4ccccc45)n3)ccc2c1.c1ccc2cc(-c3nc(-c4cccc5c4ccc4c6ccccc6ccc54)nc(-c4cccc5oc6ccccc6c45)n3)ccc2c1. The molecule has 654 valence electrons. The van der Waals surface area contributed by atoms with Crippen LogP contribution in [-0.4, -0.2) is 44.9 Å². The highest BCUT2D eigenvalue weighted by Crippen LogP contribution is 2.46. The Hall–Kier alpha value is -18.8. The predicted molar refractivity (Wildman–Crippen MR) is 586 cm³/mol. The molecule has 0 spiro atoms. The number of hydrogen-bond donors (Lipinski definition) is 0. The molecule has 6 heterocycles. The monoisotopic (exact) mass is 1810 g/mol. The molecule has 0 fully saturated rings. The summed E-state index contributed by atoms with van der Waals surface area (Å²) in [5, 5.41) is 35.3. The molecule has 6 aromatic heterocycles. The van der Waals surface area contributed by atoms with Crippen molar-refractivity contribution in [3.63, 3.8) is 0 Å². The summed E-state index contributed by atoms with van der Waals surface area (Å²) in [5.41, 5.74) is 12.0. The maximum Gasteiger partial charge on any atom is 0.165 e. The second-order valence-electron chi connectivity index (χ2n) is 36.0. The molecule has 0 unspecified atom stereocenters. The number of benzene rings is 24. The van der Waals surface area contributed by atoms with Crippen LogP contribution in [0.2, 0.25) is 0 Å². The van der Waals surface area contributed by atoms with Crippen molar-refractivity contribution in [2.45, 2.75) is 0 Å². The van der Waals surface area contributed by atoms with Crippen LogP contribution in [0.4, 0.5) is 0 Å². The molecule has 24 aromatic carbocycles. The number of para-hydroxylation sites is 2. The number of hydrogen-bond acceptors (Lipinski definition) is 12. The average molecular weight is 1820 g/mol. The van der Waals surface area contributed by atoms with E-state index in [0.717, 1.165) is 126 Å². The molecule has 0 atom stereocenters. The van der Waals surface area contributed by atoms with Crippen molar-refractivity contribution in [2.24, 2.45) is 0 Å². The van der Waals surface area contributed by atoms with Crippen molar-refractivity contribution in [1.29, 1.82) is 0 Å². The normalized spacial score (nSPS) is 11.8. The zero-order valence-corrected chi connectivity index (χ0v) is 76.4. The van der Waals surface area contributed by atoms with Crippen LogP contribution in [0.3, 0.4) is 0 Å². The third-order valence-corrected chi connectivity index (χ3v) is 29.1. The van der Waals surface area contributed by atoms with E-state index >= 15 is 0 Å². The molecule has 0 bridgehead atoms. The first kappa shape index (κ1) is 80.7. The number of fused-ring (bicyclic) bond motifs is 27. The quantitative estimate of drug-likeness (QED) is 0.127. The van der Waals surface area contributed by atoms with E-state index < -0.39 is 0 Å². The van der Waals surface area contributed by atoms with Crippen LogP contribution in [0.25, 0.3) is 296 Å². The van der Waals surface area contributed by atoms with Crippen LogP contribution in [0.5, 0.6) is 0 Å². The Bertz CT molecular complexity index is 10500. The molecule has 30 rings (SSSR count). The smallest absolute Gasteiger partial charge is 0.165 e. The second-order valence-corrected chi connectivity index (χ2v) is 37.1. The van der Waals surface area contributed by atoms with Gasteiger partial charge < -0.3 is 8.83 Å². The van der Waals surface area contributed by atoms with Gasteiger partial charge in [0.1, 0.15) is 22.3 Å².